The summed E-state index contributed by atoms with van der Waals surface area (Å²) in [6.45, 7) is 5.14. The maximum atomic E-state index is 11.8. The van der Waals surface area contributed by atoms with E-state index in [1.807, 2.05) is 24.3 Å². The zero-order valence-corrected chi connectivity index (χ0v) is 19.7. The van der Waals surface area contributed by atoms with Crippen LogP contribution in [0, 0.1) is 5.41 Å². The summed E-state index contributed by atoms with van der Waals surface area (Å²) >= 11 is 0. The summed E-state index contributed by atoms with van der Waals surface area (Å²) in [6, 6.07) is 7.60. The Kier molecular flexibility index (Phi) is 11.4. The molecule has 0 aliphatic heterocycles. The first kappa shape index (κ1) is 24.7. The minimum Gasteiger partial charge on any atom is -0.385 e. The van der Waals surface area contributed by atoms with E-state index in [2.05, 4.69) is 22.9 Å². The first-order valence-corrected chi connectivity index (χ1v) is 9.94. The normalized spacial score (nSPS) is 15.6. The molecule has 1 aliphatic rings. The van der Waals surface area contributed by atoms with Gasteiger partial charge in [0, 0.05) is 39.4 Å². The molecule has 1 fully saturated rings. The molecule has 0 bridgehead atoms. The summed E-state index contributed by atoms with van der Waals surface area (Å²) in [4.78, 5) is 16.5. The number of halogens is 1. The minimum absolute atomic E-state index is 0. The Balaban J connectivity index is 0.00000392. The van der Waals surface area contributed by atoms with Gasteiger partial charge in [0.05, 0.1) is 6.54 Å². The molecular formula is C21H35IN4O2. The number of carbonyl (C=O) groups excluding carboxylic acids is 1. The quantitative estimate of drug-likeness (QED) is 0.275. The summed E-state index contributed by atoms with van der Waals surface area (Å²) in [5, 5.41) is 9.52. The zero-order chi connectivity index (χ0) is 19.5. The fraction of sp³-hybridized carbons (Fsp3) is 0.619. The van der Waals surface area contributed by atoms with Gasteiger partial charge in [0.2, 0.25) is 0 Å². The number of carbonyl (C=O) groups is 1. The molecule has 2 rings (SSSR count). The second-order valence-electron chi connectivity index (χ2n) is 7.28. The van der Waals surface area contributed by atoms with Crippen molar-refractivity contribution in [2.24, 2.45) is 10.4 Å². The van der Waals surface area contributed by atoms with Gasteiger partial charge in [-0.15, -0.1) is 24.0 Å². The topological polar surface area (TPSA) is 74.8 Å². The summed E-state index contributed by atoms with van der Waals surface area (Å²) in [7, 11) is 3.41. The smallest absolute Gasteiger partial charge is 0.251 e. The molecule has 0 heterocycles. The third kappa shape index (κ3) is 7.58. The molecule has 158 valence electrons. The summed E-state index contributed by atoms with van der Waals surface area (Å²) in [5.41, 5.74) is 1.99. The number of hydrogen-bond donors (Lipinski definition) is 3. The molecule has 28 heavy (non-hydrogen) atoms. The number of rotatable bonds is 9. The van der Waals surface area contributed by atoms with Crippen LogP contribution in [0.2, 0.25) is 0 Å². The Bertz CT molecular complexity index is 631. The molecular weight excluding hydrogens is 467 g/mol. The molecule has 1 aromatic carbocycles. The summed E-state index contributed by atoms with van der Waals surface area (Å²) in [5.74, 6) is 0.749. The molecule has 7 heteroatoms. The van der Waals surface area contributed by atoms with E-state index >= 15 is 0 Å². The number of ether oxygens (including phenoxy) is 1. The van der Waals surface area contributed by atoms with Crippen LogP contribution in [0.1, 0.15) is 54.9 Å². The van der Waals surface area contributed by atoms with E-state index in [1.165, 1.54) is 25.7 Å². The average Bonchev–Trinajstić information content (AvgIpc) is 3.17. The number of guanidine groups is 1. The third-order valence-corrected chi connectivity index (χ3v) is 5.31. The standard InChI is InChI=1S/C21H34N4O2.HI/c1-4-23-20(25-16-21(12-13-27-3)10-5-6-11-21)24-15-17-8-7-9-18(14-17)19(26)22-2;/h7-9,14H,4-6,10-13,15-16H2,1-3H3,(H,22,26)(H2,23,24,25);1H. The van der Waals surface area contributed by atoms with Gasteiger partial charge in [-0.1, -0.05) is 25.0 Å². The molecule has 0 spiro atoms. The second-order valence-corrected chi connectivity index (χ2v) is 7.28. The Labute approximate surface area is 186 Å². The number of nitrogens with one attached hydrogen (secondary N) is 3. The molecule has 0 saturated heterocycles. The molecule has 1 aromatic rings. The van der Waals surface area contributed by atoms with Crippen LogP contribution >= 0.6 is 24.0 Å². The minimum atomic E-state index is -0.0767. The lowest BCUT2D eigenvalue weighted by molar-refractivity contribution is 0.0963. The van der Waals surface area contributed by atoms with Gasteiger partial charge in [-0.05, 0) is 49.3 Å². The fourth-order valence-corrected chi connectivity index (χ4v) is 3.70. The summed E-state index contributed by atoms with van der Waals surface area (Å²) in [6.07, 6.45) is 6.18. The van der Waals surface area contributed by atoms with Crippen LogP contribution in [0.25, 0.3) is 0 Å². The molecule has 1 saturated carbocycles. The molecule has 1 aliphatic carbocycles. The highest BCUT2D eigenvalue weighted by Crippen LogP contribution is 2.40. The van der Waals surface area contributed by atoms with Crippen LogP contribution in [0.4, 0.5) is 0 Å². The second kappa shape index (κ2) is 13.0. The highest BCUT2D eigenvalue weighted by Gasteiger charge is 2.33. The van der Waals surface area contributed by atoms with Crippen LogP contribution in [0.5, 0.6) is 0 Å². The Hall–Kier alpha value is -1.35. The third-order valence-electron chi connectivity index (χ3n) is 5.31. The van der Waals surface area contributed by atoms with Crippen LogP contribution in [0.3, 0.4) is 0 Å². The zero-order valence-electron chi connectivity index (χ0n) is 17.3. The van der Waals surface area contributed by atoms with Gasteiger partial charge in [-0.2, -0.15) is 0 Å². The van der Waals surface area contributed by atoms with E-state index in [9.17, 15) is 4.79 Å². The monoisotopic (exact) mass is 502 g/mol. The number of amides is 1. The first-order chi connectivity index (χ1) is 13.1. The Morgan fingerprint density at radius 2 is 2.00 bits per heavy atom. The van der Waals surface area contributed by atoms with Crippen LogP contribution < -0.4 is 16.0 Å². The van der Waals surface area contributed by atoms with Gasteiger partial charge in [-0.25, -0.2) is 4.99 Å². The summed E-state index contributed by atoms with van der Waals surface area (Å²) < 4.78 is 5.32. The molecule has 0 radical (unpaired) electrons. The lowest BCUT2D eigenvalue weighted by Crippen LogP contribution is -2.43. The SMILES string of the molecule is CCNC(=NCc1cccc(C(=O)NC)c1)NCC1(CCOC)CCCC1.I. The highest BCUT2D eigenvalue weighted by molar-refractivity contribution is 14.0. The van der Waals surface area contributed by atoms with E-state index in [-0.39, 0.29) is 29.9 Å². The van der Waals surface area contributed by atoms with E-state index in [0.29, 0.717) is 17.5 Å². The predicted molar refractivity (Wildman–Crippen MR) is 125 cm³/mol. The first-order valence-electron chi connectivity index (χ1n) is 9.94. The number of nitrogens with zero attached hydrogens (tertiary/aromatic N) is 1. The van der Waals surface area contributed by atoms with Gasteiger partial charge in [0.15, 0.2) is 5.96 Å². The van der Waals surface area contributed by atoms with Gasteiger partial charge >= 0.3 is 0 Å². The van der Waals surface area contributed by atoms with E-state index < -0.39 is 0 Å². The van der Waals surface area contributed by atoms with E-state index in [0.717, 1.165) is 37.6 Å². The Morgan fingerprint density at radius 3 is 2.64 bits per heavy atom. The Morgan fingerprint density at radius 1 is 1.25 bits per heavy atom. The van der Waals surface area contributed by atoms with Gasteiger partial charge < -0.3 is 20.7 Å². The van der Waals surface area contributed by atoms with E-state index in [1.54, 1.807) is 14.2 Å². The number of methoxy groups -OCH3 is 1. The van der Waals surface area contributed by atoms with Crippen molar-refractivity contribution in [3.63, 3.8) is 0 Å². The molecule has 0 unspecified atom stereocenters. The number of hydrogen-bond acceptors (Lipinski definition) is 3. The van der Waals surface area contributed by atoms with Crippen molar-refractivity contribution in [2.45, 2.75) is 45.6 Å². The van der Waals surface area contributed by atoms with Crippen molar-refractivity contribution < 1.29 is 9.53 Å². The van der Waals surface area contributed by atoms with Crippen LogP contribution in [0.15, 0.2) is 29.3 Å². The number of benzene rings is 1. The maximum Gasteiger partial charge on any atom is 0.251 e. The van der Waals surface area contributed by atoms with Crippen molar-refractivity contribution in [1.29, 1.82) is 0 Å². The van der Waals surface area contributed by atoms with Gasteiger partial charge in [0.25, 0.3) is 5.91 Å². The molecule has 0 aromatic heterocycles. The molecule has 0 atom stereocenters. The van der Waals surface area contributed by atoms with Crippen molar-refractivity contribution in [3.8, 4) is 0 Å². The van der Waals surface area contributed by atoms with E-state index in [4.69, 9.17) is 9.73 Å². The average molecular weight is 502 g/mol. The predicted octanol–water partition coefficient (Wildman–Crippen LogP) is 3.32. The van der Waals surface area contributed by atoms with Crippen LogP contribution in [-0.4, -0.2) is 45.7 Å². The maximum absolute atomic E-state index is 11.8. The van der Waals surface area contributed by atoms with Gasteiger partial charge in [0.1, 0.15) is 0 Å². The van der Waals surface area contributed by atoms with Crippen molar-refractivity contribution in [1.82, 2.24) is 16.0 Å². The van der Waals surface area contributed by atoms with Gasteiger partial charge in [-0.3, -0.25) is 4.79 Å². The molecule has 1 amide bonds. The van der Waals surface area contributed by atoms with Crippen LogP contribution in [-0.2, 0) is 11.3 Å². The van der Waals surface area contributed by atoms with Crippen molar-refractivity contribution >= 4 is 35.8 Å². The highest BCUT2D eigenvalue weighted by atomic mass is 127. The fourth-order valence-electron chi connectivity index (χ4n) is 3.70. The largest absolute Gasteiger partial charge is 0.385 e. The number of aliphatic imine (C=N–C) groups is 1. The van der Waals surface area contributed by atoms with Crippen molar-refractivity contribution in [2.75, 3.05) is 33.9 Å². The van der Waals surface area contributed by atoms with Crippen molar-refractivity contribution in [3.05, 3.63) is 35.4 Å². The molecule has 3 N–H and O–H groups in total. The lowest BCUT2D eigenvalue weighted by Gasteiger charge is -2.30. The molecule has 6 nitrogen and oxygen atoms in total. The lowest BCUT2D eigenvalue weighted by atomic mass is 9.83.